The molecule has 5 atom stereocenters. The zero-order valence-corrected chi connectivity index (χ0v) is 19.3. The van der Waals surface area contributed by atoms with E-state index in [4.69, 9.17) is 14.2 Å². The molecule has 7 nitrogen and oxygen atoms in total. The number of benzene rings is 1. The molecule has 1 aromatic carbocycles. The topological polar surface area (TPSA) is 89.9 Å². The van der Waals surface area contributed by atoms with Crippen molar-refractivity contribution < 1.29 is 46.1 Å². The van der Waals surface area contributed by atoms with Crippen molar-refractivity contribution in [2.75, 3.05) is 26.1 Å². The summed E-state index contributed by atoms with van der Waals surface area (Å²) in [6, 6.07) is 4.53. The van der Waals surface area contributed by atoms with Crippen molar-refractivity contribution in [3.05, 3.63) is 53.4 Å². The van der Waals surface area contributed by atoms with Gasteiger partial charge in [0, 0.05) is 36.4 Å². The number of aromatic nitrogens is 1. The van der Waals surface area contributed by atoms with Crippen LogP contribution in [0.25, 0.3) is 0 Å². The molecule has 1 aliphatic rings. The maximum Gasteiger partial charge on any atom is 0.417 e. The number of rotatable bonds is 7. The molecule has 12 heteroatoms. The first-order valence-electron chi connectivity index (χ1n) is 10.6. The van der Waals surface area contributed by atoms with Gasteiger partial charge in [-0.3, -0.25) is 9.78 Å². The summed E-state index contributed by atoms with van der Waals surface area (Å²) in [5, 5.41) is 12.5. The lowest BCUT2D eigenvalue weighted by atomic mass is 9.77. The standard InChI is InChI=1S/C23H25F5N2O5/c1-11-17(13-5-6-14(24)18(25)19(13)34-4)20(35-22(11,2)23(26,27)28)21(32)30-12-7-8-29-15(9-12)16(31)10-33-3/h5-9,11,16-17,20,31H,10H2,1-4H3,(H,29,30,32)/t11-,16-,17-,20+,22+/m0/s1. The number of alkyl halides is 3. The Balaban J connectivity index is 2.02. The Morgan fingerprint density at radius 1 is 1.29 bits per heavy atom. The summed E-state index contributed by atoms with van der Waals surface area (Å²) in [5.41, 5.74) is -2.63. The van der Waals surface area contributed by atoms with Crippen LogP contribution in [-0.2, 0) is 14.3 Å². The van der Waals surface area contributed by atoms with E-state index >= 15 is 0 Å². The van der Waals surface area contributed by atoms with Gasteiger partial charge in [0.1, 0.15) is 12.2 Å². The number of pyridine rings is 1. The number of hydrogen-bond acceptors (Lipinski definition) is 6. The Bertz CT molecular complexity index is 1080. The molecule has 2 aromatic rings. The van der Waals surface area contributed by atoms with Gasteiger partial charge >= 0.3 is 6.18 Å². The van der Waals surface area contributed by atoms with Crippen molar-refractivity contribution >= 4 is 11.6 Å². The van der Waals surface area contributed by atoms with Crippen molar-refractivity contribution in [1.82, 2.24) is 4.98 Å². The highest BCUT2D eigenvalue weighted by molar-refractivity contribution is 5.95. The lowest BCUT2D eigenvalue weighted by molar-refractivity contribution is -0.272. The molecule has 0 aliphatic carbocycles. The van der Waals surface area contributed by atoms with Crippen LogP contribution in [0, 0.1) is 17.6 Å². The number of anilines is 1. The minimum atomic E-state index is -4.88. The third-order valence-corrected chi connectivity index (χ3v) is 6.29. The average Bonchev–Trinajstić information content (AvgIpc) is 3.08. The Morgan fingerprint density at radius 3 is 2.57 bits per heavy atom. The number of amides is 1. The number of ether oxygens (including phenoxy) is 3. The Morgan fingerprint density at radius 2 is 1.97 bits per heavy atom. The van der Waals surface area contributed by atoms with Gasteiger partial charge in [0.05, 0.1) is 19.4 Å². The number of aliphatic hydroxyl groups excluding tert-OH is 1. The van der Waals surface area contributed by atoms with Gasteiger partial charge in [-0.15, -0.1) is 0 Å². The van der Waals surface area contributed by atoms with E-state index in [1.54, 1.807) is 0 Å². The molecule has 0 saturated carbocycles. The lowest BCUT2D eigenvalue weighted by Gasteiger charge is -2.32. The van der Waals surface area contributed by atoms with E-state index in [-0.39, 0.29) is 23.6 Å². The van der Waals surface area contributed by atoms with Crippen LogP contribution in [0.4, 0.5) is 27.6 Å². The molecule has 0 unspecified atom stereocenters. The smallest absolute Gasteiger partial charge is 0.417 e. The Labute approximate surface area is 198 Å². The number of methoxy groups -OCH3 is 2. The first-order chi connectivity index (χ1) is 16.4. The van der Waals surface area contributed by atoms with Gasteiger partial charge in [-0.25, -0.2) is 4.39 Å². The molecule has 2 heterocycles. The molecule has 3 rings (SSSR count). The molecule has 1 fully saturated rings. The van der Waals surface area contributed by atoms with Crippen molar-refractivity contribution in [3.8, 4) is 5.75 Å². The average molecular weight is 504 g/mol. The SMILES string of the molecule is COC[C@H](O)c1cc(NC(=O)[C@@H]2O[C@@](C)(C(F)(F)F)[C@@H](C)[C@H]2c2ccc(F)c(F)c2OC)ccn1. The quantitative estimate of drug-likeness (QED) is 0.552. The zero-order valence-electron chi connectivity index (χ0n) is 19.3. The van der Waals surface area contributed by atoms with Gasteiger partial charge in [-0.05, 0) is 25.1 Å². The van der Waals surface area contributed by atoms with Crippen LogP contribution in [0.2, 0.25) is 0 Å². The van der Waals surface area contributed by atoms with Crippen molar-refractivity contribution in [2.24, 2.45) is 5.92 Å². The van der Waals surface area contributed by atoms with Crippen molar-refractivity contribution in [2.45, 2.75) is 43.8 Å². The van der Waals surface area contributed by atoms with Gasteiger partial charge in [-0.2, -0.15) is 17.6 Å². The highest BCUT2D eigenvalue weighted by Crippen LogP contribution is 2.55. The van der Waals surface area contributed by atoms with Gasteiger partial charge in [-0.1, -0.05) is 13.0 Å². The highest BCUT2D eigenvalue weighted by Gasteiger charge is 2.65. The van der Waals surface area contributed by atoms with Crippen LogP contribution in [0.1, 0.15) is 37.1 Å². The summed E-state index contributed by atoms with van der Waals surface area (Å²) in [6.45, 7) is 1.95. The number of nitrogens with one attached hydrogen (secondary N) is 1. The molecule has 35 heavy (non-hydrogen) atoms. The van der Waals surface area contributed by atoms with Crippen molar-refractivity contribution in [1.29, 1.82) is 0 Å². The summed E-state index contributed by atoms with van der Waals surface area (Å²) < 4.78 is 85.4. The number of carbonyl (C=O) groups excluding carboxylic acids is 1. The monoisotopic (exact) mass is 504 g/mol. The number of nitrogens with zero attached hydrogens (tertiary/aromatic N) is 1. The number of aliphatic hydroxyl groups is 1. The predicted molar refractivity (Wildman–Crippen MR) is 114 cm³/mol. The summed E-state index contributed by atoms with van der Waals surface area (Å²) in [6.07, 6.45) is -6.43. The fourth-order valence-corrected chi connectivity index (χ4v) is 4.21. The fourth-order valence-electron chi connectivity index (χ4n) is 4.21. The van der Waals surface area contributed by atoms with Crippen LogP contribution in [0.3, 0.4) is 0 Å². The van der Waals surface area contributed by atoms with Crippen molar-refractivity contribution in [3.63, 3.8) is 0 Å². The molecular formula is C23H25F5N2O5. The van der Waals surface area contributed by atoms with Crippen LogP contribution in [0.5, 0.6) is 5.75 Å². The molecular weight excluding hydrogens is 479 g/mol. The molecule has 192 valence electrons. The second kappa shape index (κ2) is 10.0. The van der Waals surface area contributed by atoms with E-state index in [2.05, 4.69) is 10.3 Å². The number of halogens is 5. The molecule has 1 saturated heterocycles. The minimum absolute atomic E-state index is 0.0738. The van der Waals surface area contributed by atoms with Gasteiger partial charge in [0.25, 0.3) is 5.91 Å². The lowest BCUT2D eigenvalue weighted by Crippen LogP contribution is -2.47. The second-order valence-corrected chi connectivity index (χ2v) is 8.37. The number of hydrogen-bond donors (Lipinski definition) is 2. The third-order valence-electron chi connectivity index (χ3n) is 6.29. The van der Waals surface area contributed by atoms with Crippen LogP contribution in [-0.4, -0.2) is 54.7 Å². The largest absolute Gasteiger partial charge is 0.493 e. The first kappa shape index (κ1) is 26.8. The van der Waals surface area contributed by atoms with Crippen LogP contribution in [0.15, 0.2) is 30.5 Å². The van der Waals surface area contributed by atoms with E-state index in [0.717, 1.165) is 26.2 Å². The molecule has 0 bridgehead atoms. The summed E-state index contributed by atoms with van der Waals surface area (Å²) in [5.74, 6) is -6.93. The van der Waals surface area contributed by atoms with Gasteiger partial charge in [0.15, 0.2) is 17.2 Å². The second-order valence-electron chi connectivity index (χ2n) is 8.37. The third kappa shape index (κ3) is 4.95. The Hall–Kier alpha value is -2.83. The molecule has 2 N–H and O–H groups in total. The molecule has 0 radical (unpaired) electrons. The van der Waals surface area contributed by atoms with E-state index in [0.29, 0.717) is 0 Å². The molecule has 1 amide bonds. The fraction of sp³-hybridized carbons (Fsp3) is 0.478. The Kier molecular flexibility index (Phi) is 7.68. The van der Waals surface area contributed by atoms with Crippen LogP contribution < -0.4 is 10.1 Å². The predicted octanol–water partition coefficient (Wildman–Crippen LogP) is 4.13. The van der Waals surface area contributed by atoms with E-state index in [1.807, 2.05) is 0 Å². The molecule has 1 aliphatic heterocycles. The highest BCUT2D eigenvalue weighted by atomic mass is 19.4. The normalized spacial score (nSPS) is 25.4. The summed E-state index contributed by atoms with van der Waals surface area (Å²) >= 11 is 0. The van der Waals surface area contributed by atoms with E-state index in [1.165, 1.54) is 32.4 Å². The zero-order chi connectivity index (χ0) is 26.1. The van der Waals surface area contributed by atoms with Gasteiger partial charge < -0.3 is 24.6 Å². The maximum atomic E-state index is 14.4. The van der Waals surface area contributed by atoms with Crippen LogP contribution >= 0.6 is 0 Å². The molecule has 0 spiro atoms. The number of carbonyl (C=O) groups is 1. The summed E-state index contributed by atoms with van der Waals surface area (Å²) in [7, 11) is 2.42. The van der Waals surface area contributed by atoms with E-state index < -0.39 is 59.1 Å². The summed E-state index contributed by atoms with van der Waals surface area (Å²) in [4.78, 5) is 17.2. The first-order valence-corrected chi connectivity index (χ1v) is 10.6. The minimum Gasteiger partial charge on any atom is -0.493 e. The maximum absolute atomic E-state index is 14.4. The van der Waals surface area contributed by atoms with E-state index in [9.17, 15) is 31.9 Å². The molecule has 1 aromatic heterocycles. The van der Waals surface area contributed by atoms with Gasteiger partial charge in [0.2, 0.25) is 5.82 Å².